The second-order valence-corrected chi connectivity index (χ2v) is 3.61. The maximum atomic E-state index is 9.04. The molecule has 0 radical (unpaired) electrons. The SMILES string of the molecule is CCN1CC(C)CCC1CO. The van der Waals surface area contributed by atoms with E-state index in [9.17, 15) is 0 Å². The number of aliphatic hydroxyl groups excluding tert-OH is 1. The molecule has 66 valence electrons. The lowest BCUT2D eigenvalue weighted by Crippen LogP contribution is -2.44. The van der Waals surface area contributed by atoms with Crippen LogP contribution in [-0.2, 0) is 0 Å². The minimum Gasteiger partial charge on any atom is -0.395 e. The van der Waals surface area contributed by atoms with Crippen LogP contribution >= 0.6 is 0 Å². The van der Waals surface area contributed by atoms with Crippen molar-refractivity contribution in [2.75, 3.05) is 19.7 Å². The van der Waals surface area contributed by atoms with E-state index in [1.165, 1.54) is 19.4 Å². The predicted molar refractivity (Wildman–Crippen MR) is 46.5 cm³/mol. The van der Waals surface area contributed by atoms with E-state index in [0.29, 0.717) is 12.6 Å². The number of likely N-dealkylation sites (tertiary alicyclic amines) is 1. The molecule has 1 N–H and O–H groups in total. The third kappa shape index (κ3) is 2.17. The molecule has 2 atom stereocenters. The van der Waals surface area contributed by atoms with Crippen molar-refractivity contribution in [2.24, 2.45) is 5.92 Å². The van der Waals surface area contributed by atoms with Crippen LogP contribution in [-0.4, -0.2) is 35.7 Å². The number of piperidine rings is 1. The first-order valence-electron chi connectivity index (χ1n) is 4.62. The zero-order valence-electron chi connectivity index (χ0n) is 7.58. The maximum Gasteiger partial charge on any atom is 0.0586 e. The Morgan fingerprint density at radius 2 is 2.18 bits per heavy atom. The summed E-state index contributed by atoms with van der Waals surface area (Å²) >= 11 is 0. The molecule has 2 heteroatoms. The zero-order chi connectivity index (χ0) is 8.27. The molecule has 0 aromatic carbocycles. The summed E-state index contributed by atoms with van der Waals surface area (Å²) in [6.45, 7) is 7.04. The van der Waals surface area contributed by atoms with Crippen LogP contribution in [0.25, 0.3) is 0 Å². The first-order chi connectivity index (χ1) is 5.27. The van der Waals surface area contributed by atoms with Crippen LogP contribution < -0.4 is 0 Å². The topological polar surface area (TPSA) is 23.5 Å². The standard InChI is InChI=1S/C9H19NO/c1-3-10-6-8(2)4-5-9(10)7-11/h8-9,11H,3-7H2,1-2H3. The van der Waals surface area contributed by atoms with E-state index < -0.39 is 0 Å². The van der Waals surface area contributed by atoms with E-state index in [0.717, 1.165) is 12.5 Å². The minimum absolute atomic E-state index is 0.334. The summed E-state index contributed by atoms with van der Waals surface area (Å²) in [6.07, 6.45) is 2.45. The molecule has 1 aliphatic rings. The highest BCUT2D eigenvalue weighted by Crippen LogP contribution is 2.20. The Balaban J connectivity index is 2.41. The number of rotatable bonds is 2. The van der Waals surface area contributed by atoms with E-state index in [2.05, 4.69) is 18.7 Å². The van der Waals surface area contributed by atoms with Gasteiger partial charge in [0.25, 0.3) is 0 Å². The molecule has 1 saturated heterocycles. The first-order valence-corrected chi connectivity index (χ1v) is 4.62. The Labute approximate surface area is 69.2 Å². The van der Waals surface area contributed by atoms with Gasteiger partial charge in [-0.25, -0.2) is 0 Å². The van der Waals surface area contributed by atoms with Gasteiger partial charge in [0, 0.05) is 12.6 Å². The summed E-state index contributed by atoms with van der Waals surface area (Å²) in [5.74, 6) is 0.817. The van der Waals surface area contributed by atoms with Gasteiger partial charge in [0.2, 0.25) is 0 Å². The van der Waals surface area contributed by atoms with Crippen LogP contribution in [0.4, 0.5) is 0 Å². The highest BCUT2D eigenvalue weighted by atomic mass is 16.3. The molecule has 0 aromatic heterocycles. The van der Waals surface area contributed by atoms with Gasteiger partial charge in [0.05, 0.1) is 6.61 Å². The van der Waals surface area contributed by atoms with Crippen LogP contribution in [0, 0.1) is 5.92 Å². The van der Waals surface area contributed by atoms with E-state index in [-0.39, 0.29) is 0 Å². The van der Waals surface area contributed by atoms with Crippen molar-refractivity contribution >= 4 is 0 Å². The van der Waals surface area contributed by atoms with E-state index in [1.807, 2.05) is 0 Å². The average molecular weight is 157 g/mol. The van der Waals surface area contributed by atoms with Crippen LogP contribution in [0.1, 0.15) is 26.7 Å². The monoisotopic (exact) mass is 157 g/mol. The number of likely N-dealkylation sites (N-methyl/N-ethyl adjacent to an activating group) is 1. The van der Waals surface area contributed by atoms with Gasteiger partial charge < -0.3 is 5.11 Å². The van der Waals surface area contributed by atoms with Gasteiger partial charge in [-0.1, -0.05) is 13.8 Å². The van der Waals surface area contributed by atoms with Gasteiger partial charge >= 0.3 is 0 Å². The van der Waals surface area contributed by atoms with Crippen molar-refractivity contribution < 1.29 is 5.11 Å². The fourth-order valence-electron chi connectivity index (χ4n) is 1.89. The lowest BCUT2D eigenvalue weighted by molar-refractivity contribution is 0.0726. The molecule has 0 spiro atoms. The summed E-state index contributed by atoms with van der Waals surface area (Å²) < 4.78 is 0. The molecule has 0 aliphatic carbocycles. The predicted octanol–water partition coefficient (Wildman–Crippen LogP) is 1.10. The van der Waals surface area contributed by atoms with Crippen LogP contribution in [0.15, 0.2) is 0 Å². The van der Waals surface area contributed by atoms with Gasteiger partial charge in [-0.3, -0.25) is 4.90 Å². The van der Waals surface area contributed by atoms with Gasteiger partial charge in [-0.05, 0) is 25.3 Å². The molecule has 2 nitrogen and oxygen atoms in total. The van der Waals surface area contributed by atoms with E-state index >= 15 is 0 Å². The van der Waals surface area contributed by atoms with Crippen LogP contribution in [0.5, 0.6) is 0 Å². The Bertz CT molecular complexity index is 116. The fourth-order valence-corrected chi connectivity index (χ4v) is 1.89. The molecular formula is C9H19NO. The van der Waals surface area contributed by atoms with Crippen molar-refractivity contribution in [1.82, 2.24) is 4.90 Å². The number of aliphatic hydroxyl groups is 1. The molecule has 0 amide bonds. The summed E-state index contributed by atoms with van der Waals surface area (Å²) in [4.78, 5) is 2.38. The largest absolute Gasteiger partial charge is 0.395 e. The van der Waals surface area contributed by atoms with Gasteiger partial charge in [0.15, 0.2) is 0 Å². The molecule has 0 saturated carbocycles. The number of nitrogens with zero attached hydrogens (tertiary/aromatic N) is 1. The second kappa shape index (κ2) is 4.07. The van der Waals surface area contributed by atoms with Crippen LogP contribution in [0.3, 0.4) is 0 Å². The molecule has 0 bridgehead atoms. The van der Waals surface area contributed by atoms with Gasteiger partial charge in [-0.2, -0.15) is 0 Å². The third-order valence-corrected chi connectivity index (χ3v) is 2.67. The highest BCUT2D eigenvalue weighted by Gasteiger charge is 2.23. The highest BCUT2D eigenvalue weighted by molar-refractivity contribution is 4.78. The Morgan fingerprint density at radius 1 is 1.45 bits per heavy atom. The van der Waals surface area contributed by atoms with Gasteiger partial charge in [0.1, 0.15) is 0 Å². The minimum atomic E-state index is 0.334. The smallest absolute Gasteiger partial charge is 0.0586 e. The van der Waals surface area contributed by atoms with Crippen molar-refractivity contribution in [3.8, 4) is 0 Å². The molecule has 2 unspecified atom stereocenters. The quantitative estimate of drug-likeness (QED) is 0.649. The van der Waals surface area contributed by atoms with Gasteiger partial charge in [-0.15, -0.1) is 0 Å². The Kier molecular flexibility index (Phi) is 3.34. The Morgan fingerprint density at radius 3 is 2.73 bits per heavy atom. The summed E-state index contributed by atoms with van der Waals surface area (Å²) in [5.41, 5.74) is 0. The molecule has 1 fully saturated rings. The lowest BCUT2D eigenvalue weighted by Gasteiger charge is -2.36. The molecule has 0 aromatic rings. The fraction of sp³-hybridized carbons (Fsp3) is 1.00. The number of hydrogen-bond donors (Lipinski definition) is 1. The third-order valence-electron chi connectivity index (χ3n) is 2.67. The first kappa shape index (κ1) is 9.01. The second-order valence-electron chi connectivity index (χ2n) is 3.61. The lowest BCUT2D eigenvalue weighted by atomic mass is 9.95. The molecule has 1 heterocycles. The van der Waals surface area contributed by atoms with E-state index in [4.69, 9.17) is 5.11 Å². The number of hydrogen-bond acceptors (Lipinski definition) is 2. The maximum absolute atomic E-state index is 9.04. The molecule has 1 aliphatic heterocycles. The summed E-state index contributed by atoms with van der Waals surface area (Å²) in [7, 11) is 0. The van der Waals surface area contributed by atoms with Crippen molar-refractivity contribution in [2.45, 2.75) is 32.7 Å². The van der Waals surface area contributed by atoms with E-state index in [1.54, 1.807) is 0 Å². The van der Waals surface area contributed by atoms with Crippen LogP contribution in [0.2, 0.25) is 0 Å². The Hall–Kier alpha value is -0.0800. The molecular weight excluding hydrogens is 138 g/mol. The average Bonchev–Trinajstić information content (AvgIpc) is 2.04. The molecule has 1 rings (SSSR count). The zero-order valence-corrected chi connectivity index (χ0v) is 7.58. The summed E-state index contributed by atoms with van der Waals surface area (Å²) in [6, 6.07) is 0.441. The summed E-state index contributed by atoms with van der Waals surface area (Å²) in [5, 5.41) is 9.04. The van der Waals surface area contributed by atoms with Crippen molar-refractivity contribution in [3.63, 3.8) is 0 Å². The van der Waals surface area contributed by atoms with Crippen molar-refractivity contribution in [1.29, 1.82) is 0 Å². The normalized spacial score (nSPS) is 34.1. The van der Waals surface area contributed by atoms with Crippen molar-refractivity contribution in [3.05, 3.63) is 0 Å². The molecule has 11 heavy (non-hydrogen) atoms.